The van der Waals surface area contributed by atoms with E-state index >= 15 is 0 Å². The first-order valence-electron chi connectivity index (χ1n) is 11.7. The molecule has 3 aromatic rings. The number of carbonyl (C=O) groups is 1. The van der Waals surface area contributed by atoms with Gasteiger partial charge in [-0.25, -0.2) is 4.39 Å². The van der Waals surface area contributed by atoms with Gasteiger partial charge in [0.15, 0.2) is 0 Å². The fourth-order valence-corrected chi connectivity index (χ4v) is 4.52. The average molecular weight is 482 g/mol. The Morgan fingerprint density at radius 1 is 0.941 bits per heavy atom. The fourth-order valence-electron chi connectivity index (χ4n) is 4.34. The Bertz CT molecular complexity index is 1130. The topological polar surface area (TPSA) is 47.6 Å². The summed E-state index contributed by atoms with van der Waals surface area (Å²) in [6.45, 7) is 2.02. The molecule has 1 aliphatic carbocycles. The van der Waals surface area contributed by atoms with E-state index in [1.54, 1.807) is 6.07 Å². The molecular weight excluding hydrogens is 453 g/mol. The molecule has 0 aromatic heterocycles. The van der Waals surface area contributed by atoms with E-state index in [2.05, 4.69) is 5.32 Å². The van der Waals surface area contributed by atoms with Crippen LogP contribution in [0.4, 0.5) is 4.39 Å². The van der Waals surface area contributed by atoms with E-state index < -0.39 is 0 Å². The highest BCUT2D eigenvalue weighted by Gasteiger charge is 2.24. The summed E-state index contributed by atoms with van der Waals surface area (Å²) in [4.78, 5) is 11.3. The summed E-state index contributed by atoms with van der Waals surface area (Å²) < 4.78 is 26.3. The summed E-state index contributed by atoms with van der Waals surface area (Å²) in [6, 6.07) is 20.0. The van der Waals surface area contributed by atoms with Gasteiger partial charge in [0.2, 0.25) is 5.91 Å². The van der Waals surface area contributed by atoms with E-state index in [0.29, 0.717) is 18.0 Å². The molecule has 1 saturated carbocycles. The molecule has 3 aromatic carbocycles. The first-order chi connectivity index (χ1) is 16.5. The maximum absolute atomic E-state index is 13.9. The predicted molar refractivity (Wildman–Crippen MR) is 133 cm³/mol. The molecule has 34 heavy (non-hydrogen) atoms. The highest BCUT2D eigenvalue weighted by Crippen LogP contribution is 2.32. The molecule has 0 aliphatic heterocycles. The van der Waals surface area contributed by atoms with Crippen molar-refractivity contribution in [2.75, 3.05) is 6.54 Å². The number of rotatable bonds is 8. The Morgan fingerprint density at radius 3 is 2.26 bits per heavy atom. The van der Waals surface area contributed by atoms with E-state index in [1.807, 2.05) is 48.5 Å². The molecule has 4 nitrogen and oxygen atoms in total. The molecule has 178 valence electrons. The van der Waals surface area contributed by atoms with Crippen LogP contribution in [0, 0.1) is 5.82 Å². The lowest BCUT2D eigenvalue weighted by Crippen LogP contribution is -2.30. The van der Waals surface area contributed by atoms with E-state index in [9.17, 15) is 9.18 Å². The Hall–Kier alpha value is -3.05. The van der Waals surface area contributed by atoms with Crippen LogP contribution in [0.15, 0.2) is 66.7 Å². The number of halogens is 2. The normalized spacial score (nSPS) is 17.7. The number of carbonyl (C=O) groups excluding carboxylic acids is 1. The van der Waals surface area contributed by atoms with E-state index in [0.717, 1.165) is 53.9 Å². The molecule has 1 N–H and O–H groups in total. The third-order valence-electron chi connectivity index (χ3n) is 6.01. The highest BCUT2D eigenvalue weighted by molar-refractivity contribution is 6.30. The number of nitrogens with one attached hydrogen (secondary N) is 1. The van der Waals surface area contributed by atoms with E-state index in [1.165, 1.54) is 19.1 Å². The molecule has 1 amide bonds. The van der Waals surface area contributed by atoms with Crippen molar-refractivity contribution in [2.45, 2.75) is 51.2 Å². The molecule has 4 rings (SSSR count). The minimum atomic E-state index is -0.283. The maximum Gasteiger partial charge on any atom is 0.216 e. The van der Waals surface area contributed by atoms with Gasteiger partial charge in [-0.05, 0) is 91.3 Å². The van der Waals surface area contributed by atoms with Gasteiger partial charge in [0.25, 0.3) is 0 Å². The van der Waals surface area contributed by atoms with Gasteiger partial charge in [-0.15, -0.1) is 0 Å². The van der Waals surface area contributed by atoms with Gasteiger partial charge in [-0.1, -0.05) is 35.9 Å². The Morgan fingerprint density at radius 2 is 1.62 bits per heavy atom. The fraction of sp³-hybridized carbons (Fsp3) is 0.321. The smallest absolute Gasteiger partial charge is 0.216 e. The van der Waals surface area contributed by atoms with Gasteiger partial charge < -0.3 is 14.8 Å². The van der Waals surface area contributed by atoms with Gasteiger partial charge >= 0.3 is 0 Å². The molecule has 0 atom stereocenters. The Kier molecular flexibility index (Phi) is 8.07. The molecule has 1 aliphatic rings. The molecular formula is C28H29ClFNO3. The lowest BCUT2D eigenvalue weighted by atomic mass is 9.94. The zero-order chi connectivity index (χ0) is 23.9. The van der Waals surface area contributed by atoms with E-state index in [4.69, 9.17) is 21.1 Å². The van der Waals surface area contributed by atoms with Crippen molar-refractivity contribution >= 4 is 17.5 Å². The minimum Gasteiger partial charge on any atom is -0.490 e. The van der Waals surface area contributed by atoms with Crippen LogP contribution in [0.3, 0.4) is 0 Å². The zero-order valence-electron chi connectivity index (χ0n) is 19.2. The van der Waals surface area contributed by atoms with E-state index in [-0.39, 0.29) is 23.9 Å². The second-order valence-corrected chi connectivity index (χ2v) is 9.09. The molecule has 1 fully saturated rings. The maximum atomic E-state index is 13.9. The summed E-state index contributed by atoms with van der Waals surface area (Å²) in [6.07, 6.45) is 4.50. The second kappa shape index (κ2) is 11.4. The third kappa shape index (κ3) is 6.73. The summed E-state index contributed by atoms with van der Waals surface area (Å²) in [5.41, 5.74) is 2.74. The first-order valence-corrected chi connectivity index (χ1v) is 12.1. The molecule has 0 radical (unpaired) electrons. The monoisotopic (exact) mass is 481 g/mol. The minimum absolute atomic E-state index is 0.0674. The van der Waals surface area contributed by atoms with Crippen LogP contribution < -0.4 is 14.8 Å². The largest absolute Gasteiger partial charge is 0.490 e. The molecule has 0 saturated heterocycles. The van der Waals surface area contributed by atoms with Gasteiger partial charge in [0.05, 0.1) is 12.2 Å². The molecule has 0 spiro atoms. The quantitative estimate of drug-likeness (QED) is 0.394. The van der Waals surface area contributed by atoms with Crippen LogP contribution in [0.25, 0.3) is 11.1 Å². The van der Waals surface area contributed by atoms with Crippen molar-refractivity contribution in [3.63, 3.8) is 0 Å². The van der Waals surface area contributed by atoms with Crippen molar-refractivity contribution in [2.24, 2.45) is 0 Å². The lowest BCUT2D eigenvalue weighted by molar-refractivity contribution is -0.118. The number of hydrogen-bond donors (Lipinski definition) is 1. The van der Waals surface area contributed by atoms with Gasteiger partial charge in [0, 0.05) is 18.5 Å². The summed E-state index contributed by atoms with van der Waals surface area (Å²) in [7, 11) is 0. The molecule has 0 heterocycles. The summed E-state index contributed by atoms with van der Waals surface area (Å²) in [5.74, 6) is 1.21. The third-order valence-corrected chi connectivity index (χ3v) is 6.24. The van der Waals surface area contributed by atoms with Crippen molar-refractivity contribution in [3.05, 3.63) is 83.1 Å². The summed E-state index contributed by atoms with van der Waals surface area (Å²) in [5, 5.41) is 3.50. The van der Waals surface area contributed by atoms with Gasteiger partial charge in [-0.2, -0.15) is 0 Å². The number of hydrogen-bond acceptors (Lipinski definition) is 3. The van der Waals surface area contributed by atoms with Gasteiger partial charge in [0.1, 0.15) is 17.3 Å². The lowest BCUT2D eigenvalue weighted by Gasteiger charge is -2.29. The Balaban J connectivity index is 1.41. The first kappa shape index (κ1) is 24.1. The molecule has 0 unspecified atom stereocenters. The number of ether oxygens (including phenoxy) is 2. The van der Waals surface area contributed by atoms with Crippen molar-refractivity contribution in [1.82, 2.24) is 5.32 Å². The SMILES string of the molecule is CC(=O)NCCc1ccc(OC2CCC(Oc3cccc(Cl)c3)CC2)cc1-c1cccc(F)c1. The standard InChI is InChI=1S/C28H29ClFNO3/c1-19(32)31-15-14-20-8-9-27(18-28(20)21-4-2-6-23(30)16-21)34-25-12-10-24(11-13-25)33-26-7-3-5-22(29)17-26/h2-9,16-18,24-25H,10-15H2,1H3,(H,31,32). The number of amides is 1. The highest BCUT2D eigenvalue weighted by atomic mass is 35.5. The van der Waals surface area contributed by atoms with Crippen LogP contribution in [-0.2, 0) is 11.2 Å². The van der Waals surface area contributed by atoms with Crippen molar-refractivity contribution in [3.8, 4) is 22.6 Å². The predicted octanol–water partition coefficient (Wildman–Crippen LogP) is 6.59. The van der Waals surface area contributed by atoms with Crippen molar-refractivity contribution < 1.29 is 18.7 Å². The number of benzene rings is 3. The average Bonchev–Trinajstić information content (AvgIpc) is 2.81. The molecule has 0 bridgehead atoms. The zero-order valence-corrected chi connectivity index (χ0v) is 20.0. The van der Waals surface area contributed by atoms with Crippen LogP contribution in [0.1, 0.15) is 38.2 Å². The van der Waals surface area contributed by atoms with Crippen LogP contribution >= 0.6 is 11.6 Å². The van der Waals surface area contributed by atoms with Crippen LogP contribution in [0.5, 0.6) is 11.5 Å². The summed E-state index contributed by atoms with van der Waals surface area (Å²) >= 11 is 6.06. The van der Waals surface area contributed by atoms with Crippen LogP contribution in [-0.4, -0.2) is 24.7 Å². The molecule has 6 heteroatoms. The second-order valence-electron chi connectivity index (χ2n) is 8.65. The van der Waals surface area contributed by atoms with Crippen molar-refractivity contribution in [1.29, 1.82) is 0 Å². The Labute approximate surface area is 205 Å². The van der Waals surface area contributed by atoms with Gasteiger partial charge in [-0.3, -0.25) is 4.79 Å². The van der Waals surface area contributed by atoms with Crippen LogP contribution in [0.2, 0.25) is 5.02 Å².